The fourth-order valence-corrected chi connectivity index (χ4v) is 3.02. The first-order valence-electron chi connectivity index (χ1n) is 7.62. The highest BCUT2D eigenvalue weighted by Crippen LogP contribution is 2.34. The molecule has 2 atom stereocenters. The molecule has 2 aliphatic rings. The van der Waals surface area contributed by atoms with Crippen molar-refractivity contribution in [3.63, 3.8) is 0 Å². The molecule has 8 heteroatoms. The summed E-state index contributed by atoms with van der Waals surface area (Å²) in [4.78, 5) is 49.3. The van der Waals surface area contributed by atoms with E-state index in [9.17, 15) is 19.2 Å². The number of hydrogen-bond donors (Lipinski definition) is 2. The van der Waals surface area contributed by atoms with E-state index in [-0.39, 0.29) is 23.7 Å². The Labute approximate surface area is 137 Å². The van der Waals surface area contributed by atoms with Gasteiger partial charge in [-0.3, -0.25) is 34.9 Å². The van der Waals surface area contributed by atoms with E-state index < -0.39 is 18.4 Å². The third-order valence-corrected chi connectivity index (χ3v) is 4.32. The predicted molar refractivity (Wildman–Crippen MR) is 81.1 cm³/mol. The molecule has 24 heavy (non-hydrogen) atoms. The highest BCUT2D eigenvalue weighted by molar-refractivity contribution is 6.07. The fourth-order valence-electron chi connectivity index (χ4n) is 3.02. The van der Waals surface area contributed by atoms with Crippen LogP contribution in [0.3, 0.4) is 0 Å². The van der Waals surface area contributed by atoms with E-state index in [0.29, 0.717) is 24.2 Å². The molecule has 2 N–H and O–H groups in total. The van der Waals surface area contributed by atoms with Crippen molar-refractivity contribution in [3.05, 3.63) is 35.8 Å². The Bertz CT molecular complexity index is 710. The monoisotopic (exact) mass is 331 g/mol. The van der Waals surface area contributed by atoms with Gasteiger partial charge in [0.15, 0.2) is 0 Å². The van der Waals surface area contributed by atoms with E-state index in [1.165, 1.54) is 12.3 Å². The summed E-state index contributed by atoms with van der Waals surface area (Å²) in [6, 6.07) is 1.47. The number of rotatable bonds is 3. The highest BCUT2D eigenvalue weighted by atomic mass is 16.3. The third kappa shape index (κ3) is 2.82. The van der Waals surface area contributed by atoms with Crippen LogP contribution in [0.2, 0.25) is 0 Å². The van der Waals surface area contributed by atoms with Gasteiger partial charge in [0.25, 0.3) is 11.8 Å². The Hall–Kier alpha value is -2.90. The number of allylic oxidation sites excluding steroid dienone is 2. The minimum absolute atomic E-state index is 0.292. The summed E-state index contributed by atoms with van der Waals surface area (Å²) in [6.45, 7) is 1.21. The van der Waals surface area contributed by atoms with Gasteiger partial charge in [0, 0.05) is 0 Å². The van der Waals surface area contributed by atoms with Gasteiger partial charge in [-0.15, -0.1) is 0 Å². The van der Waals surface area contributed by atoms with Gasteiger partial charge in [0.1, 0.15) is 12.3 Å². The third-order valence-electron chi connectivity index (χ3n) is 4.32. The van der Waals surface area contributed by atoms with Crippen molar-refractivity contribution in [2.75, 3.05) is 6.54 Å². The van der Waals surface area contributed by atoms with Crippen molar-refractivity contribution in [2.45, 2.75) is 19.8 Å². The average molecular weight is 331 g/mol. The first kappa shape index (κ1) is 16.0. The largest absolute Gasteiger partial charge is 0.469 e. The smallest absolute Gasteiger partial charge is 0.273 e. The molecule has 126 valence electrons. The van der Waals surface area contributed by atoms with Crippen LogP contribution < -0.4 is 10.9 Å². The summed E-state index contributed by atoms with van der Waals surface area (Å²) in [6.07, 6.45) is 6.16. The Kier molecular flexibility index (Phi) is 4.20. The first-order chi connectivity index (χ1) is 11.5. The summed E-state index contributed by atoms with van der Waals surface area (Å²) >= 11 is 0. The molecule has 0 spiro atoms. The standard InChI is InChI=1S/C16H17N3O5/c1-9-10(6-7-24-9)14(21)18-17-13(20)8-19-15(22)11-4-2-3-5-12(11)16(19)23/h2-3,6-7,11-12H,4-5,8H2,1H3,(H,17,20)(H,18,21). The lowest BCUT2D eigenvalue weighted by Crippen LogP contribution is -2.48. The molecule has 2 unspecified atom stereocenters. The number of aryl methyl sites for hydroxylation is 1. The molecule has 1 aromatic rings. The number of amides is 4. The Morgan fingerprint density at radius 1 is 1.17 bits per heavy atom. The number of hydrazine groups is 1. The molecule has 8 nitrogen and oxygen atoms in total. The number of nitrogens with one attached hydrogen (secondary N) is 2. The van der Waals surface area contributed by atoms with Gasteiger partial charge in [-0.2, -0.15) is 0 Å². The number of likely N-dealkylation sites (tertiary alicyclic amines) is 1. The number of nitrogens with zero attached hydrogens (tertiary/aromatic N) is 1. The molecule has 1 fully saturated rings. The molecular weight excluding hydrogens is 314 g/mol. The van der Waals surface area contributed by atoms with Gasteiger partial charge < -0.3 is 4.42 Å². The van der Waals surface area contributed by atoms with Gasteiger partial charge >= 0.3 is 0 Å². The van der Waals surface area contributed by atoms with Crippen molar-refractivity contribution < 1.29 is 23.6 Å². The second-order valence-corrected chi connectivity index (χ2v) is 5.81. The van der Waals surface area contributed by atoms with E-state index in [0.717, 1.165) is 4.90 Å². The van der Waals surface area contributed by atoms with E-state index in [1.807, 2.05) is 12.2 Å². The minimum atomic E-state index is -0.641. The lowest BCUT2D eigenvalue weighted by Gasteiger charge is -2.14. The molecule has 1 aliphatic carbocycles. The van der Waals surface area contributed by atoms with E-state index in [1.54, 1.807) is 6.92 Å². The summed E-state index contributed by atoms with van der Waals surface area (Å²) in [7, 11) is 0. The van der Waals surface area contributed by atoms with E-state index in [2.05, 4.69) is 10.9 Å². The van der Waals surface area contributed by atoms with Gasteiger partial charge in [0.05, 0.1) is 23.7 Å². The summed E-state index contributed by atoms with van der Waals surface area (Å²) < 4.78 is 5.01. The zero-order chi connectivity index (χ0) is 17.3. The maximum Gasteiger partial charge on any atom is 0.273 e. The van der Waals surface area contributed by atoms with Gasteiger partial charge in [-0.05, 0) is 25.8 Å². The van der Waals surface area contributed by atoms with Crippen LogP contribution in [-0.4, -0.2) is 35.1 Å². The second kappa shape index (κ2) is 6.31. The topological polar surface area (TPSA) is 109 Å². The molecule has 0 saturated carbocycles. The Balaban J connectivity index is 1.56. The maximum atomic E-state index is 12.2. The van der Waals surface area contributed by atoms with Crippen molar-refractivity contribution >= 4 is 23.6 Å². The van der Waals surface area contributed by atoms with Crippen molar-refractivity contribution in [2.24, 2.45) is 11.8 Å². The van der Waals surface area contributed by atoms with Crippen LogP contribution in [0.25, 0.3) is 0 Å². The van der Waals surface area contributed by atoms with Gasteiger partial charge in [-0.1, -0.05) is 12.2 Å². The molecule has 4 amide bonds. The molecule has 0 aromatic carbocycles. The molecule has 1 aromatic heterocycles. The Morgan fingerprint density at radius 2 is 1.79 bits per heavy atom. The number of carbonyl (C=O) groups excluding carboxylic acids is 4. The SMILES string of the molecule is Cc1occc1C(=O)NNC(=O)CN1C(=O)C2CC=CCC2C1=O. The van der Waals surface area contributed by atoms with E-state index >= 15 is 0 Å². The average Bonchev–Trinajstić information content (AvgIpc) is 3.11. The summed E-state index contributed by atoms with van der Waals surface area (Å²) in [5.74, 6) is -2.17. The highest BCUT2D eigenvalue weighted by Gasteiger charge is 2.47. The van der Waals surface area contributed by atoms with Crippen LogP contribution in [-0.2, 0) is 14.4 Å². The van der Waals surface area contributed by atoms with Gasteiger partial charge in [0.2, 0.25) is 11.8 Å². The van der Waals surface area contributed by atoms with Crippen molar-refractivity contribution in [1.82, 2.24) is 15.8 Å². The quantitative estimate of drug-likeness (QED) is 0.470. The number of fused-ring (bicyclic) bond motifs is 1. The lowest BCUT2D eigenvalue weighted by molar-refractivity contribution is -0.143. The van der Waals surface area contributed by atoms with Gasteiger partial charge in [-0.25, -0.2) is 0 Å². The minimum Gasteiger partial charge on any atom is -0.469 e. The Morgan fingerprint density at radius 3 is 2.33 bits per heavy atom. The molecule has 3 rings (SSSR count). The van der Waals surface area contributed by atoms with Crippen LogP contribution in [0.4, 0.5) is 0 Å². The molecular formula is C16H17N3O5. The zero-order valence-corrected chi connectivity index (χ0v) is 13.1. The number of imide groups is 1. The molecule has 0 radical (unpaired) electrons. The normalized spacial score (nSPS) is 22.5. The lowest BCUT2D eigenvalue weighted by atomic mass is 9.85. The van der Waals surface area contributed by atoms with Crippen LogP contribution in [0.5, 0.6) is 0 Å². The van der Waals surface area contributed by atoms with Crippen LogP contribution >= 0.6 is 0 Å². The van der Waals surface area contributed by atoms with Crippen molar-refractivity contribution in [1.29, 1.82) is 0 Å². The number of hydrogen-bond acceptors (Lipinski definition) is 5. The molecule has 2 heterocycles. The molecule has 0 bridgehead atoms. The predicted octanol–water partition coefficient (Wildman–Crippen LogP) is 0.300. The second-order valence-electron chi connectivity index (χ2n) is 5.81. The molecule has 1 aliphatic heterocycles. The zero-order valence-electron chi connectivity index (χ0n) is 13.1. The maximum absolute atomic E-state index is 12.2. The number of furan rings is 1. The summed E-state index contributed by atoms with van der Waals surface area (Å²) in [5, 5.41) is 0. The van der Waals surface area contributed by atoms with Crippen LogP contribution in [0.15, 0.2) is 28.9 Å². The van der Waals surface area contributed by atoms with Crippen LogP contribution in [0, 0.1) is 18.8 Å². The number of carbonyl (C=O) groups is 4. The fraction of sp³-hybridized carbons (Fsp3) is 0.375. The van der Waals surface area contributed by atoms with E-state index in [4.69, 9.17) is 4.42 Å². The van der Waals surface area contributed by atoms with Crippen LogP contribution in [0.1, 0.15) is 29.0 Å². The van der Waals surface area contributed by atoms with Crippen molar-refractivity contribution in [3.8, 4) is 0 Å². The molecule has 1 saturated heterocycles. The first-order valence-corrected chi connectivity index (χ1v) is 7.62. The summed E-state index contributed by atoms with van der Waals surface area (Å²) in [5.41, 5.74) is 4.73.